The molecular formula is C13H12BrN3OS. The molecule has 2 aromatic heterocycles. The molecule has 2 aromatic rings. The van der Waals surface area contributed by atoms with Crippen molar-refractivity contribution in [3.63, 3.8) is 0 Å². The third-order valence-corrected chi connectivity index (χ3v) is 4.83. The Labute approximate surface area is 123 Å². The first-order chi connectivity index (χ1) is 9.16. The minimum atomic E-state index is -0.0467. The number of aryl methyl sites for hydroxylation is 1. The lowest BCUT2D eigenvalue weighted by Gasteiger charge is -2.04. The molecule has 1 saturated carbocycles. The molecule has 0 saturated heterocycles. The lowest BCUT2D eigenvalue weighted by molar-refractivity contribution is 0.0949. The fraction of sp³-hybridized carbons (Fsp3) is 0.308. The molecular weight excluding hydrogens is 326 g/mol. The highest BCUT2D eigenvalue weighted by Crippen LogP contribution is 2.40. The van der Waals surface area contributed by atoms with Gasteiger partial charge in [-0.3, -0.25) is 9.78 Å². The van der Waals surface area contributed by atoms with Gasteiger partial charge in [-0.2, -0.15) is 4.37 Å². The highest BCUT2D eigenvalue weighted by atomic mass is 79.9. The molecule has 1 fully saturated rings. The molecule has 98 valence electrons. The lowest BCUT2D eigenvalue weighted by Crippen LogP contribution is -2.27. The summed E-state index contributed by atoms with van der Waals surface area (Å²) in [6, 6.07) is 4.19. The molecule has 0 bridgehead atoms. The Morgan fingerprint density at radius 2 is 2.42 bits per heavy atom. The number of carbonyl (C=O) groups excluding carboxylic acids is 1. The fourth-order valence-electron chi connectivity index (χ4n) is 2.15. The van der Waals surface area contributed by atoms with Gasteiger partial charge in [0.1, 0.15) is 3.79 Å². The molecule has 1 aliphatic carbocycles. The number of rotatable bonds is 3. The Bertz CT molecular complexity index is 594. The monoisotopic (exact) mass is 337 g/mol. The smallest absolute Gasteiger partial charge is 0.255 e. The molecule has 1 aliphatic rings. The van der Waals surface area contributed by atoms with E-state index in [1.54, 1.807) is 6.20 Å². The maximum Gasteiger partial charge on any atom is 0.255 e. The van der Waals surface area contributed by atoms with Crippen LogP contribution in [0.25, 0.3) is 0 Å². The van der Waals surface area contributed by atoms with Gasteiger partial charge in [0.05, 0.1) is 11.3 Å². The van der Waals surface area contributed by atoms with Gasteiger partial charge in [0, 0.05) is 24.4 Å². The molecule has 1 amide bonds. The summed E-state index contributed by atoms with van der Waals surface area (Å²) in [6.45, 7) is 1.85. The molecule has 6 heteroatoms. The fourth-order valence-corrected chi connectivity index (χ4v) is 3.48. The first-order valence-electron chi connectivity index (χ1n) is 5.99. The summed E-state index contributed by atoms with van der Waals surface area (Å²) in [5, 5.41) is 3.06. The summed E-state index contributed by atoms with van der Waals surface area (Å²) in [6.07, 6.45) is 4.60. The van der Waals surface area contributed by atoms with Gasteiger partial charge in [-0.1, -0.05) is 6.07 Å². The van der Waals surface area contributed by atoms with Crippen LogP contribution in [-0.2, 0) is 0 Å². The SMILES string of the molecule is Cc1nsc(Br)c1C(=O)N[C@H]1C[C@@H]1c1cccnc1. The molecule has 0 aliphatic heterocycles. The van der Waals surface area contributed by atoms with E-state index in [4.69, 9.17) is 0 Å². The van der Waals surface area contributed by atoms with E-state index >= 15 is 0 Å². The minimum Gasteiger partial charge on any atom is -0.349 e. The van der Waals surface area contributed by atoms with Crippen LogP contribution in [0.3, 0.4) is 0 Å². The zero-order valence-corrected chi connectivity index (χ0v) is 12.7. The van der Waals surface area contributed by atoms with Gasteiger partial charge in [-0.05, 0) is 52.4 Å². The van der Waals surface area contributed by atoms with Crippen molar-refractivity contribution in [2.24, 2.45) is 0 Å². The van der Waals surface area contributed by atoms with Crippen LogP contribution in [0.1, 0.15) is 34.0 Å². The van der Waals surface area contributed by atoms with E-state index in [0.29, 0.717) is 11.5 Å². The van der Waals surface area contributed by atoms with Crippen LogP contribution < -0.4 is 5.32 Å². The van der Waals surface area contributed by atoms with Crippen molar-refractivity contribution in [3.8, 4) is 0 Å². The second-order valence-electron chi connectivity index (χ2n) is 4.63. The Kier molecular flexibility index (Phi) is 3.36. The van der Waals surface area contributed by atoms with Gasteiger partial charge in [0.2, 0.25) is 0 Å². The number of amides is 1. The van der Waals surface area contributed by atoms with Crippen LogP contribution in [0.2, 0.25) is 0 Å². The third-order valence-electron chi connectivity index (χ3n) is 3.27. The maximum atomic E-state index is 12.2. The number of aromatic nitrogens is 2. The van der Waals surface area contributed by atoms with Crippen molar-refractivity contribution >= 4 is 33.4 Å². The number of nitrogens with one attached hydrogen (secondary N) is 1. The topological polar surface area (TPSA) is 54.9 Å². The zero-order valence-electron chi connectivity index (χ0n) is 10.3. The predicted molar refractivity (Wildman–Crippen MR) is 77.4 cm³/mol. The average Bonchev–Trinajstić information content (AvgIpc) is 3.08. The number of carbonyl (C=O) groups is 1. The molecule has 2 heterocycles. The van der Waals surface area contributed by atoms with Crippen LogP contribution >= 0.6 is 27.5 Å². The maximum absolute atomic E-state index is 12.2. The van der Waals surface area contributed by atoms with E-state index in [0.717, 1.165) is 15.9 Å². The van der Waals surface area contributed by atoms with E-state index in [1.165, 1.54) is 17.1 Å². The normalized spacial score (nSPS) is 21.2. The number of hydrogen-bond donors (Lipinski definition) is 1. The van der Waals surface area contributed by atoms with E-state index in [2.05, 4.69) is 36.7 Å². The van der Waals surface area contributed by atoms with Crippen molar-refractivity contribution in [3.05, 3.63) is 45.1 Å². The van der Waals surface area contributed by atoms with Gasteiger partial charge < -0.3 is 5.32 Å². The van der Waals surface area contributed by atoms with Gasteiger partial charge in [-0.15, -0.1) is 0 Å². The van der Waals surface area contributed by atoms with Crippen molar-refractivity contribution in [1.82, 2.24) is 14.7 Å². The van der Waals surface area contributed by atoms with E-state index in [1.807, 2.05) is 19.2 Å². The summed E-state index contributed by atoms with van der Waals surface area (Å²) >= 11 is 4.67. The van der Waals surface area contributed by atoms with Crippen molar-refractivity contribution in [2.45, 2.75) is 25.3 Å². The third kappa shape index (κ3) is 2.55. The van der Waals surface area contributed by atoms with Crippen LogP contribution in [-0.4, -0.2) is 21.3 Å². The predicted octanol–water partition coefficient (Wildman–Crippen LogP) is 2.89. The second kappa shape index (κ2) is 5.02. The Hall–Kier alpha value is -1.27. The molecule has 0 unspecified atom stereocenters. The standard InChI is InChI=1S/C13H12BrN3OS/c1-7-11(12(14)19-17-7)13(18)16-10-5-9(10)8-3-2-4-15-6-8/h2-4,6,9-10H,5H2,1H3,(H,16,18)/t9-,10+/m1/s1. The average molecular weight is 338 g/mol. The molecule has 0 spiro atoms. The Balaban J connectivity index is 1.67. The zero-order chi connectivity index (χ0) is 13.4. The van der Waals surface area contributed by atoms with E-state index in [9.17, 15) is 4.79 Å². The van der Waals surface area contributed by atoms with Crippen molar-refractivity contribution < 1.29 is 4.79 Å². The first kappa shape index (κ1) is 12.7. The molecule has 19 heavy (non-hydrogen) atoms. The molecule has 3 rings (SSSR count). The van der Waals surface area contributed by atoms with Gasteiger partial charge in [0.15, 0.2) is 0 Å². The summed E-state index contributed by atoms with van der Waals surface area (Å²) in [7, 11) is 0. The van der Waals surface area contributed by atoms with Gasteiger partial charge >= 0.3 is 0 Å². The summed E-state index contributed by atoms with van der Waals surface area (Å²) in [5.41, 5.74) is 2.61. The number of pyridine rings is 1. The molecule has 1 N–H and O–H groups in total. The highest BCUT2D eigenvalue weighted by molar-refractivity contribution is 9.11. The minimum absolute atomic E-state index is 0.0467. The number of halogens is 1. The van der Waals surface area contributed by atoms with Gasteiger partial charge in [0.25, 0.3) is 5.91 Å². The van der Waals surface area contributed by atoms with Crippen molar-refractivity contribution in [1.29, 1.82) is 0 Å². The Morgan fingerprint density at radius 1 is 1.58 bits per heavy atom. The number of hydrogen-bond acceptors (Lipinski definition) is 4. The second-order valence-corrected chi connectivity index (χ2v) is 6.72. The van der Waals surface area contributed by atoms with Crippen LogP contribution in [0.4, 0.5) is 0 Å². The molecule has 4 nitrogen and oxygen atoms in total. The summed E-state index contributed by atoms with van der Waals surface area (Å²) in [4.78, 5) is 16.3. The molecule has 0 aromatic carbocycles. The molecule has 2 atom stereocenters. The van der Waals surface area contributed by atoms with Gasteiger partial charge in [-0.25, -0.2) is 0 Å². The van der Waals surface area contributed by atoms with E-state index < -0.39 is 0 Å². The highest BCUT2D eigenvalue weighted by Gasteiger charge is 2.40. The summed E-state index contributed by atoms with van der Waals surface area (Å²) < 4.78 is 4.96. The number of nitrogens with zero attached hydrogens (tertiary/aromatic N) is 2. The summed E-state index contributed by atoms with van der Waals surface area (Å²) in [5.74, 6) is 0.345. The van der Waals surface area contributed by atoms with E-state index in [-0.39, 0.29) is 11.9 Å². The van der Waals surface area contributed by atoms with Crippen LogP contribution in [0.5, 0.6) is 0 Å². The lowest BCUT2D eigenvalue weighted by atomic mass is 10.2. The van der Waals surface area contributed by atoms with Crippen molar-refractivity contribution in [2.75, 3.05) is 0 Å². The first-order valence-corrected chi connectivity index (χ1v) is 7.56. The van der Waals surface area contributed by atoms with Crippen LogP contribution in [0, 0.1) is 6.92 Å². The molecule has 0 radical (unpaired) electrons. The van der Waals surface area contributed by atoms with Crippen LogP contribution in [0.15, 0.2) is 28.3 Å². The largest absolute Gasteiger partial charge is 0.349 e. The Morgan fingerprint density at radius 3 is 3.05 bits per heavy atom. The quantitative estimate of drug-likeness (QED) is 0.936.